The molecule has 10 heteroatoms. The van der Waals surface area contributed by atoms with Crippen molar-refractivity contribution in [3.05, 3.63) is 71.8 Å². The zero-order valence-electron chi connectivity index (χ0n) is 18.4. The number of rotatable bonds is 9. The van der Waals surface area contributed by atoms with Crippen molar-refractivity contribution in [3.63, 3.8) is 0 Å². The molecule has 170 valence electrons. The minimum Gasteiger partial charge on any atom is -0.456 e. The lowest BCUT2D eigenvalue weighted by Gasteiger charge is -2.08. The molecule has 0 radical (unpaired) electrons. The summed E-state index contributed by atoms with van der Waals surface area (Å²) in [7, 11) is 0. The van der Waals surface area contributed by atoms with Gasteiger partial charge in [0.25, 0.3) is 5.91 Å². The number of Topliss-reactive ketones (excluding diaryl/α,β-unsaturated/α-hetero) is 1. The topological polar surface area (TPSA) is 125 Å². The smallest absolute Gasteiger partial charge is 0.279 e. The van der Waals surface area contributed by atoms with Gasteiger partial charge in [-0.2, -0.15) is 9.90 Å². The van der Waals surface area contributed by atoms with Crippen molar-refractivity contribution in [3.8, 4) is 11.3 Å². The quantitative estimate of drug-likeness (QED) is 0.381. The normalized spacial score (nSPS) is 11.2. The van der Waals surface area contributed by atoms with Gasteiger partial charge in [-0.25, -0.2) is 4.98 Å². The van der Waals surface area contributed by atoms with Gasteiger partial charge in [0.05, 0.1) is 18.9 Å². The number of hydrogen-bond acceptors (Lipinski definition) is 8. The van der Waals surface area contributed by atoms with Gasteiger partial charge in [0.1, 0.15) is 12.3 Å². The van der Waals surface area contributed by atoms with Crippen LogP contribution in [0.1, 0.15) is 53.1 Å². The number of benzene rings is 1. The first-order valence-electron chi connectivity index (χ1n) is 10.3. The number of ketones is 1. The van der Waals surface area contributed by atoms with Gasteiger partial charge in [-0.3, -0.25) is 9.59 Å². The fourth-order valence-corrected chi connectivity index (χ4v) is 3.08. The number of carbonyl (C=O) groups is 2. The Balaban J connectivity index is 1.45. The van der Waals surface area contributed by atoms with Crippen molar-refractivity contribution in [1.29, 1.82) is 0 Å². The molecule has 0 aliphatic rings. The number of oxazole rings is 1. The van der Waals surface area contributed by atoms with Crippen molar-refractivity contribution < 1.29 is 23.2 Å². The third-order valence-corrected chi connectivity index (χ3v) is 4.64. The van der Waals surface area contributed by atoms with Crippen LogP contribution in [0.5, 0.6) is 0 Å². The highest BCUT2D eigenvalue weighted by molar-refractivity contribution is 6.05. The zero-order chi connectivity index (χ0) is 23.4. The number of nitrogens with one attached hydrogen (secondary N) is 1. The highest BCUT2D eigenvalue weighted by Gasteiger charge is 2.20. The third-order valence-electron chi connectivity index (χ3n) is 4.64. The Labute approximate surface area is 189 Å². The number of furan rings is 1. The highest BCUT2D eigenvalue weighted by Crippen LogP contribution is 2.25. The van der Waals surface area contributed by atoms with Crippen LogP contribution in [0, 0.1) is 0 Å². The molecule has 1 amide bonds. The van der Waals surface area contributed by atoms with Crippen molar-refractivity contribution in [1.82, 2.24) is 20.0 Å². The zero-order valence-corrected chi connectivity index (χ0v) is 18.4. The number of carbonyl (C=O) groups excluding carboxylic acids is 2. The average Bonchev–Trinajstić information content (AvgIpc) is 3.54. The van der Waals surface area contributed by atoms with Gasteiger partial charge in [0.15, 0.2) is 35.2 Å². The monoisotopic (exact) mass is 449 g/mol. The summed E-state index contributed by atoms with van der Waals surface area (Å²) < 4.78 is 16.6. The van der Waals surface area contributed by atoms with E-state index < -0.39 is 5.91 Å². The Bertz CT molecular complexity index is 1270. The molecule has 0 aliphatic heterocycles. The molecule has 33 heavy (non-hydrogen) atoms. The van der Waals surface area contributed by atoms with E-state index in [1.165, 1.54) is 24.3 Å². The van der Waals surface area contributed by atoms with E-state index in [4.69, 9.17) is 13.6 Å². The average molecular weight is 449 g/mol. The summed E-state index contributed by atoms with van der Waals surface area (Å²) in [6.07, 6.45) is 2.75. The van der Waals surface area contributed by atoms with E-state index in [1.807, 2.05) is 38.1 Å². The van der Waals surface area contributed by atoms with E-state index in [1.54, 1.807) is 12.1 Å². The summed E-state index contributed by atoms with van der Waals surface area (Å²) >= 11 is 0. The summed E-state index contributed by atoms with van der Waals surface area (Å²) in [5.41, 5.74) is 1.80. The SMILES string of the molecule is CC(=O)c1ccc(Cn2ncc(NC(=O)c3ncoc3-c3cccc(COC(C)C)c3)n2)o1. The second kappa shape index (κ2) is 9.61. The van der Waals surface area contributed by atoms with E-state index in [9.17, 15) is 9.59 Å². The number of aromatic nitrogens is 4. The maximum absolute atomic E-state index is 12.8. The highest BCUT2D eigenvalue weighted by atomic mass is 16.5. The number of amides is 1. The lowest BCUT2D eigenvalue weighted by atomic mass is 10.1. The lowest BCUT2D eigenvalue weighted by Crippen LogP contribution is -2.14. The minimum atomic E-state index is -0.480. The van der Waals surface area contributed by atoms with Gasteiger partial charge >= 0.3 is 0 Å². The Morgan fingerprint density at radius 1 is 1.21 bits per heavy atom. The van der Waals surface area contributed by atoms with Crippen LogP contribution in [-0.4, -0.2) is 37.8 Å². The third kappa shape index (κ3) is 5.42. The van der Waals surface area contributed by atoms with Gasteiger partial charge < -0.3 is 18.9 Å². The first-order valence-corrected chi connectivity index (χ1v) is 10.3. The molecule has 3 heterocycles. The second-order valence-electron chi connectivity index (χ2n) is 7.63. The van der Waals surface area contributed by atoms with Gasteiger partial charge in [-0.05, 0) is 37.6 Å². The Morgan fingerprint density at radius 2 is 2.06 bits per heavy atom. The second-order valence-corrected chi connectivity index (χ2v) is 7.63. The lowest BCUT2D eigenvalue weighted by molar-refractivity contribution is 0.0657. The predicted molar refractivity (Wildman–Crippen MR) is 118 cm³/mol. The molecular formula is C23H23N5O5. The summed E-state index contributed by atoms with van der Waals surface area (Å²) in [6, 6.07) is 10.8. The molecule has 3 aromatic heterocycles. The largest absolute Gasteiger partial charge is 0.456 e. The molecule has 0 spiro atoms. The van der Waals surface area contributed by atoms with Crippen LogP contribution in [-0.2, 0) is 17.9 Å². The molecule has 0 saturated carbocycles. The Kier molecular flexibility index (Phi) is 6.45. The number of ether oxygens (including phenoxy) is 1. The van der Waals surface area contributed by atoms with Gasteiger partial charge in [0.2, 0.25) is 0 Å². The molecule has 0 atom stereocenters. The maximum atomic E-state index is 12.8. The van der Waals surface area contributed by atoms with Crippen LogP contribution in [0.25, 0.3) is 11.3 Å². The predicted octanol–water partition coefficient (Wildman–Crippen LogP) is 3.95. The summed E-state index contributed by atoms with van der Waals surface area (Å²) in [4.78, 5) is 29.6. The molecule has 4 aromatic rings. The van der Waals surface area contributed by atoms with Crippen LogP contribution in [0.2, 0.25) is 0 Å². The molecule has 4 rings (SSSR count). The molecule has 1 N–H and O–H groups in total. The minimum absolute atomic E-state index is 0.109. The first kappa shape index (κ1) is 22.2. The van der Waals surface area contributed by atoms with Crippen LogP contribution < -0.4 is 5.32 Å². The molecule has 0 aliphatic carbocycles. The van der Waals surface area contributed by atoms with Crippen LogP contribution in [0.4, 0.5) is 5.82 Å². The Morgan fingerprint density at radius 3 is 2.82 bits per heavy atom. The van der Waals surface area contributed by atoms with E-state index >= 15 is 0 Å². The van der Waals surface area contributed by atoms with E-state index in [2.05, 4.69) is 20.5 Å². The molecule has 0 unspecified atom stereocenters. The maximum Gasteiger partial charge on any atom is 0.279 e. The molecule has 1 aromatic carbocycles. The molecule has 0 saturated heterocycles. The van der Waals surface area contributed by atoms with Gasteiger partial charge in [-0.15, -0.1) is 5.10 Å². The standard InChI is InChI=1S/C23H23N5O5/c1-14(2)31-12-16-5-4-6-17(9-16)22-21(24-13-32-22)23(30)26-20-10-25-28(27-20)11-18-7-8-19(33-18)15(3)29/h4-10,13-14H,11-12H2,1-3H3,(H,26,27,30). The Hall–Kier alpha value is -4.05. The van der Waals surface area contributed by atoms with Crippen molar-refractivity contribution in [2.24, 2.45) is 0 Å². The van der Waals surface area contributed by atoms with Crippen molar-refractivity contribution >= 4 is 17.5 Å². The fraction of sp³-hybridized carbons (Fsp3) is 0.261. The first-order chi connectivity index (χ1) is 15.9. The number of hydrogen-bond donors (Lipinski definition) is 1. The summed E-state index contributed by atoms with van der Waals surface area (Å²) in [5, 5.41) is 11.0. The molecule has 0 bridgehead atoms. The van der Waals surface area contributed by atoms with Crippen LogP contribution in [0.3, 0.4) is 0 Å². The van der Waals surface area contributed by atoms with Crippen molar-refractivity contribution in [2.75, 3.05) is 5.32 Å². The van der Waals surface area contributed by atoms with Crippen molar-refractivity contribution in [2.45, 2.75) is 40.0 Å². The molecular weight excluding hydrogens is 426 g/mol. The fourth-order valence-electron chi connectivity index (χ4n) is 3.08. The van der Waals surface area contributed by atoms with E-state index in [0.717, 1.165) is 5.56 Å². The molecule has 10 nitrogen and oxygen atoms in total. The molecule has 0 fully saturated rings. The van der Waals surface area contributed by atoms with Crippen LogP contribution >= 0.6 is 0 Å². The van der Waals surface area contributed by atoms with E-state index in [0.29, 0.717) is 23.7 Å². The van der Waals surface area contributed by atoms with Gasteiger partial charge in [-0.1, -0.05) is 18.2 Å². The summed E-state index contributed by atoms with van der Waals surface area (Å²) in [6.45, 7) is 6.03. The summed E-state index contributed by atoms with van der Waals surface area (Å²) in [5.74, 6) is 0.735. The van der Waals surface area contributed by atoms with Gasteiger partial charge in [0, 0.05) is 12.5 Å². The van der Waals surface area contributed by atoms with E-state index in [-0.39, 0.29) is 35.7 Å². The van der Waals surface area contributed by atoms with Crippen LogP contribution in [0.15, 0.2) is 57.8 Å². The number of anilines is 1. The number of nitrogens with zero attached hydrogens (tertiary/aromatic N) is 4.